The van der Waals surface area contributed by atoms with Crippen molar-refractivity contribution in [1.82, 2.24) is 63.3 Å². The van der Waals surface area contributed by atoms with E-state index >= 15 is 0 Å². The molecule has 0 bridgehead atoms. The SMILES string of the molecule is C.C.C.C.Cc1c(-c2ccccc2)n2ncnc2c2[c-]cccc12.Cc1nc(C)nc(-c2cn3ccnc3c3[c-]cccc23)n1.Cn1cc2c(n1)-c1[c-]c(F)ccc1CCC2.[Ir].[Ir].[Ir].[Ir].[Pt].[c-]1cccc2c1-c1nccn1CCC2.[c-]1ccccc1-c1ccccn1. The molecule has 19 heteroatoms. The van der Waals surface area contributed by atoms with E-state index in [0.29, 0.717) is 5.82 Å². The first-order valence-electron chi connectivity index (χ1n) is 27.5. The first kappa shape index (κ1) is 79.2. The number of hydrogen-bond acceptors (Lipinski definition) is 9. The van der Waals surface area contributed by atoms with Crippen LogP contribution >= 0.6 is 0 Å². The minimum Gasteiger partial charge on any atom is -0.371 e. The summed E-state index contributed by atoms with van der Waals surface area (Å²) in [5.74, 6) is 2.88. The van der Waals surface area contributed by atoms with Crippen LogP contribution in [0, 0.1) is 56.9 Å². The van der Waals surface area contributed by atoms with Gasteiger partial charge in [0.05, 0.1) is 22.8 Å². The van der Waals surface area contributed by atoms with E-state index in [4.69, 9.17) is 0 Å². The average Bonchev–Trinajstić information content (AvgIpc) is 1.36. The van der Waals surface area contributed by atoms with Crippen molar-refractivity contribution in [2.24, 2.45) is 7.05 Å². The Bertz CT molecular complexity index is 4500. The molecule has 92 heavy (non-hydrogen) atoms. The van der Waals surface area contributed by atoms with E-state index in [1.54, 1.807) is 23.4 Å². The molecule has 14 aromatic rings. The summed E-state index contributed by atoms with van der Waals surface area (Å²) in [6.45, 7) is 6.95. The molecule has 2 aliphatic rings. The van der Waals surface area contributed by atoms with Crippen LogP contribution < -0.4 is 0 Å². The largest absolute Gasteiger partial charge is 0.371 e. The molecule has 16 rings (SSSR count). The van der Waals surface area contributed by atoms with Gasteiger partial charge in [-0.15, -0.1) is 160 Å². The van der Waals surface area contributed by atoms with E-state index in [-0.39, 0.29) is 137 Å². The normalized spacial score (nSPS) is 10.9. The topological polar surface area (TPSA) is 135 Å². The Morgan fingerprint density at radius 3 is 1.92 bits per heavy atom. The number of rotatable bonds is 3. The molecule has 0 fully saturated rings. The molecule has 0 amide bonds. The molecule has 8 aromatic heterocycles. The van der Waals surface area contributed by atoms with Crippen molar-refractivity contribution in [2.45, 2.75) is 89.1 Å². The maximum Gasteiger partial charge on any atom is 0.156 e. The maximum absolute atomic E-state index is 13.2. The summed E-state index contributed by atoms with van der Waals surface area (Å²) >= 11 is 0. The molecule has 0 saturated heterocycles. The van der Waals surface area contributed by atoms with Gasteiger partial charge >= 0.3 is 0 Å². The molecule has 486 valence electrons. The zero-order valence-electron chi connectivity index (χ0n) is 48.0. The second-order valence-electron chi connectivity index (χ2n) is 20.1. The van der Waals surface area contributed by atoms with Crippen LogP contribution in [0.2, 0.25) is 0 Å². The number of hydrogen-bond donors (Lipinski definition) is 0. The van der Waals surface area contributed by atoms with Crippen LogP contribution in [0.4, 0.5) is 4.39 Å². The molecule has 1 aliphatic carbocycles. The van der Waals surface area contributed by atoms with E-state index in [0.717, 1.165) is 122 Å². The molecule has 1 aliphatic heterocycles. The summed E-state index contributed by atoms with van der Waals surface area (Å²) in [4.78, 5) is 30.6. The molecule has 0 N–H and O–H groups in total. The van der Waals surface area contributed by atoms with Gasteiger partial charge in [0.15, 0.2) is 5.82 Å². The number of nitrogens with zero attached hydrogens (tertiary/aromatic N) is 13. The smallest absolute Gasteiger partial charge is 0.156 e. The van der Waals surface area contributed by atoms with Crippen molar-refractivity contribution in [3.63, 3.8) is 0 Å². The second-order valence-corrected chi connectivity index (χ2v) is 20.1. The third-order valence-corrected chi connectivity index (χ3v) is 14.5. The number of aromatic nitrogens is 13. The first-order valence-corrected chi connectivity index (χ1v) is 27.5. The fraction of sp³-hybridized carbons (Fsp3) is 0.192. The Morgan fingerprint density at radius 2 is 1.20 bits per heavy atom. The minimum absolute atomic E-state index is 0. The number of aryl methyl sites for hydroxylation is 8. The predicted molar refractivity (Wildman–Crippen MR) is 349 cm³/mol. The van der Waals surface area contributed by atoms with Gasteiger partial charge in [0.2, 0.25) is 0 Å². The quantitative estimate of drug-likeness (QED) is 0.158. The third kappa shape index (κ3) is 17.8. The summed E-state index contributed by atoms with van der Waals surface area (Å²) in [5.41, 5.74) is 14.8. The van der Waals surface area contributed by atoms with Crippen LogP contribution in [-0.4, -0.2) is 63.3 Å². The zero-order valence-corrected chi connectivity index (χ0v) is 59.8. The number of imidazole rings is 2. The molecule has 0 atom stereocenters. The second kappa shape index (κ2) is 37.0. The Morgan fingerprint density at radius 1 is 0.543 bits per heavy atom. The summed E-state index contributed by atoms with van der Waals surface area (Å²) in [6, 6.07) is 61.2. The molecule has 0 saturated carbocycles. The Balaban J connectivity index is 0.000000297. The summed E-state index contributed by atoms with van der Waals surface area (Å²) in [5, 5.41) is 13.0. The number of fused-ring (bicyclic) bond motifs is 12. The maximum atomic E-state index is 13.2. The summed E-state index contributed by atoms with van der Waals surface area (Å²) in [6.07, 6.45) is 20.4. The van der Waals surface area contributed by atoms with E-state index in [9.17, 15) is 4.39 Å². The van der Waals surface area contributed by atoms with E-state index < -0.39 is 0 Å². The van der Waals surface area contributed by atoms with Crippen molar-refractivity contribution in [3.8, 4) is 56.5 Å². The fourth-order valence-corrected chi connectivity index (χ4v) is 10.8. The predicted octanol–water partition coefficient (Wildman–Crippen LogP) is 16.3. The molecule has 4 radical (unpaired) electrons. The number of halogens is 1. The van der Waals surface area contributed by atoms with Gasteiger partial charge in [-0.2, -0.15) is 5.10 Å². The van der Waals surface area contributed by atoms with Crippen molar-refractivity contribution in [2.75, 3.05) is 0 Å². The Hall–Kier alpha value is -7.05. The van der Waals surface area contributed by atoms with Gasteiger partial charge in [0, 0.05) is 176 Å². The Kier molecular flexibility index (Phi) is 31.8. The van der Waals surface area contributed by atoms with Gasteiger partial charge in [-0.1, -0.05) is 108 Å². The van der Waals surface area contributed by atoms with Crippen molar-refractivity contribution >= 4 is 32.8 Å². The van der Waals surface area contributed by atoms with E-state index in [1.165, 1.54) is 40.1 Å². The van der Waals surface area contributed by atoms with Gasteiger partial charge in [-0.05, 0) is 56.5 Å². The standard InChI is InChI=1S/C17H12N3.C16H12N5.C13H12FN2.C12H11N2.C11H8N.4CH4.4Ir.Pt/c1-12-14-9-5-6-10-15(14)17-18-11-19-20(17)16(12)13-7-3-2-4-8-13;1-10-18-11(2)20-15(19-10)14-9-21-8-7-17-16(21)13-6-4-3-5-12(13)14;1-16-8-10-4-2-3-9-5-6-11(14)7-12(9)13(10)15-16;1-2-6-11-10(4-1)5-3-8-14-9-7-13-12(11)14;1-2-6-10(7-3-1)11-8-4-5-9-12-11;;;;;;;;;/h2-9,11H,1H3;3-5,7-9H,1-2H3;5-6,8H,2-4H2,1H3;1-2,4,7,9H,3,5,8H2;1-6,8-9H;4*1H4;;;;;/q5*-1;;;;;;;;;. The van der Waals surface area contributed by atoms with Crippen LogP contribution in [0.5, 0.6) is 0 Å². The Labute approximate surface area is 608 Å². The number of pyridine rings is 3. The van der Waals surface area contributed by atoms with Crippen molar-refractivity contribution < 1.29 is 106 Å². The fourth-order valence-electron chi connectivity index (χ4n) is 10.8. The molecule has 13 nitrogen and oxygen atoms in total. The van der Waals surface area contributed by atoms with Crippen LogP contribution in [0.25, 0.3) is 89.4 Å². The number of benzene rings is 6. The van der Waals surface area contributed by atoms with Crippen LogP contribution in [0.1, 0.15) is 76.5 Å². The molecular weight excluding hydrogens is 2040 g/mol. The van der Waals surface area contributed by atoms with Crippen molar-refractivity contribution in [3.05, 3.63) is 259 Å². The summed E-state index contributed by atoms with van der Waals surface area (Å²) < 4.78 is 21.1. The van der Waals surface area contributed by atoms with Crippen LogP contribution in [0.15, 0.2) is 189 Å². The van der Waals surface area contributed by atoms with Crippen LogP contribution in [-0.2, 0) is 134 Å². The van der Waals surface area contributed by atoms with E-state index in [2.05, 4.69) is 117 Å². The molecule has 9 heterocycles. The van der Waals surface area contributed by atoms with Gasteiger partial charge in [-0.3, -0.25) is 24.1 Å². The summed E-state index contributed by atoms with van der Waals surface area (Å²) in [7, 11) is 1.90. The van der Waals surface area contributed by atoms with Gasteiger partial charge in [0.1, 0.15) is 18.0 Å². The van der Waals surface area contributed by atoms with Crippen LogP contribution in [0.3, 0.4) is 0 Å². The zero-order chi connectivity index (χ0) is 56.7. The first-order chi connectivity index (χ1) is 40.7. The van der Waals surface area contributed by atoms with E-state index in [1.807, 2.05) is 164 Å². The van der Waals surface area contributed by atoms with Gasteiger partial charge in [-0.25, -0.2) is 24.4 Å². The molecular formula is C73H71FIr4N13Pt-5. The van der Waals surface area contributed by atoms with Crippen molar-refractivity contribution in [1.29, 1.82) is 0 Å². The van der Waals surface area contributed by atoms with Gasteiger partial charge < -0.3 is 14.0 Å². The molecule has 6 aromatic carbocycles. The minimum atomic E-state index is -0.308. The third-order valence-electron chi connectivity index (χ3n) is 14.5. The monoisotopic (exact) mass is 2120 g/mol. The molecule has 0 unspecified atom stereocenters. The molecule has 0 spiro atoms. The van der Waals surface area contributed by atoms with Gasteiger partial charge in [0.25, 0.3) is 0 Å². The average molecular weight is 2110 g/mol.